The van der Waals surface area contributed by atoms with E-state index in [1.54, 1.807) is 48.5 Å². The molecule has 4 aliphatic rings. The van der Waals surface area contributed by atoms with Crippen molar-refractivity contribution in [1.29, 1.82) is 0 Å². The first-order valence-electron chi connectivity index (χ1n) is 10.9. The van der Waals surface area contributed by atoms with Crippen LogP contribution in [0.25, 0.3) is 0 Å². The fourth-order valence-corrected chi connectivity index (χ4v) is 6.29. The zero-order valence-corrected chi connectivity index (χ0v) is 17.9. The Kier molecular flexibility index (Phi) is 4.23. The number of amides is 2. The quantitative estimate of drug-likeness (QED) is 0.515. The molecule has 2 aliphatic carbocycles. The van der Waals surface area contributed by atoms with Gasteiger partial charge in [-0.1, -0.05) is 66.9 Å². The molecule has 6 rings (SSSR count). The van der Waals surface area contributed by atoms with Gasteiger partial charge in [0.1, 0.15) is 0 Å². The molecule has 0 aromatic heterocycles. The SMILES string of the molecule is O=C1[C@H]2[C@@H](c3ccccc3Cl)OC3(C(=O)c4ccccc4C3=O)[C@H]2C(=O)N1C1CCCC1. The standard InChI is InChI=1S/C25H20ClNO5/c26-17-12-6-5-11-16(17)20-18-19(24(31)27(23(18)30)13-7-1-2-8-13)25(32-20)21(28)14-9-3-4-10-15(14)22(25)29/h3-6,9-13,18-20H,1-2,7-8H2/t18-,19-,20-/m1/s1. The molecule has 0 bridgehead atoms. The van der Waals surface area contributed by atoms with E-state index in [-0.39, 0.29) is 23.1 Å². The predicted molar refractivity (Wildman–Crippen MR) is 114 cm³/mol. The molecule has 2 heterocycles. The number of nitrogens with zero attached hydrogens (tertiary/aromatic N) is 1. The molecule has 0 radical (unpaired) electrons. The predicted octanol–water partition coefficient (Wildman–Crippen LogP) is 3.77. The minimum Gasteiger partial charge on any atom is -0.349 e. The van der Waals surface area contributed by atoms with Crippen LogP contribution in [0.15, 0.2) is 48.5 Å². The molecule has 1 spiro atoms. The van der Waals surface area contributed by atoms with Crippen molar-refractivity contribution < 1.29 is 23.9 Å². The summed E-state index contributed by atoms with van der Waals surface area (Å²) in [6.07, 6.45) is 2.40. The average Bonchev–Trinajstić information content (AvgIpc) is 3.53. The molecule has 2 saturated heterocycles. The van der Waals surface area contributed by atoms with Crippen LogP contribution >= 0.6 is 11.6 Å². The average molecular weight is 450 g/mol. The summed E-state index contributed by atoms with van der Waals surface area (Å²) >= 11 is 6.44. The molecule has 3 atom stereocenters. The molecule has 2 amide bonds. The number of fused-ring (bicyclic) bond motifs is 3. The second kappa shape index (κ2) is 6.83. The van der Waals surface area contributed by atoms with Crippen LogP contribution in [-0.4, -0.2) is 39.9 Å². The Morgan fingerprint density at radius 3 is 2.06 bits per heavy atom. The molecule has 2 aliphatic heterocycles. The maximum atomic E-state index is 13.7. The molecule has 0 N–H and O–H groups in total. The maximum Gasteiger partial charge on any atom is 0.237 e. The molecule has 1 saturated carbocycles. The summed E-state index contributed by atoms with van der Waals surface area (Å²) in [7, 11) is 0. The number of carbonyl (C=O) groups is 4. The van der Waals surface area contributed by atoms with Crippen molar-refractivity contribution in [3.8, 4) is 0 Å². The van der Waals surface area contributed by atoms with E-state index < -0.39 is 41.0 Å². The van der Waals surface area contributed by atoms with Gasteiger partial charge in [-0.05, 0) is 18.9 Å². The van der Waals surface area contributed by atoms with Gasteiger partial charge >= 0.3 is 0 Å². The van der Waals surface area contributed by atoms with Gasteiger partial charge in [0.15, 0.2) is 0 Å². The highest BCUT2D eigenvalue weighted by molar-refractivity contribution is 6.35. The third-order valence-corrected chi connectivity index (χ3v) is 7.80. The summed E-state index contributed by atoms with van der Waals surface area (Å²) in [5, 5.41) is 0.364. The largest absolute Gasteiger partial charge is 0.349 e. The number of ether oxygens (including phenoxy) is 1. The van der Waals surface area contributed by atoms with Crippen LogP contribution in [0.5, 0.6) is 0 Å². The lowest BCUT2D eigenvalue weighted by molar-refractivity contribution is -0.147. The Morgan fingerprint density at radius 1 is 0.844 bits per heavy atom. The summed E-state index contributed by atoms with van der Waals surface area (Å²) in [5.74, 6) is -4.09. The van der Waals surface area contributed by atoms with Gasteiger partial charge < -0.3 is 4.74 Å². The second-order valence-corrected chi connectivity index (χ2v) is 9.39. The number of ketones is 2. The minimum atomic E-state index is -2.03. The first-order valence-corrected chi connectivity index (χ1v) is 11.3. The lowest BCUT2D eigenvalue weighted by atomic mass is 9.77. The van der Waals surface area contributed by atoms with Crippen LogP contribution in [-0.2, 0) is 14.3 Å². The summed E-state index contributed by atoms with van der Waals surface area (Å²) in [6, 6.07) is 13.2. The highest BCUT2D eigenvalue weighted by atomic mass is 35.5. The van der Waals surface area contributed by atoms with Crippen molar-refractivity contribution in [1.82, 2.24) is 4.90 Å². The highest BCUT2D eigenvalue weighted by Gasteiger charge is 2.75. The van der Waals surface area contributed by atoms with E-state index in [1.165, 1.54) is 4.90 Å². The molecule has 7 heteroatoms. The molecule has 6 nitrogen and oxygen atoms in total. The van der Waals surface area contributed by atoms with Gasteiger partial charge in [0.25, 0.3) is 0 Å². The Labute approximate surface area is 189 Å². The van der Waals surface area contributed by atoms with Gasteiger partial charge in [-0.3, -0.25) is 24.1 Å². The number of rotatable bonds is 2. The Hall–Kier alpha value is -2.83. The van der Waals surface area contributed by atoms with E-state index in [1.807, 2.05) is 0 Å². The number of Topliss-reactive ketones (excluding diaryl/α,β-unsaturated/α-hetero) is 2. The van der Waals surface area contributed by atoms with Gasteiger partial charge in [-0.2, -0.15) is 0 Å². The van der Waals surface area contributed by atoms with Gasteiger partial charge in [-0.15, -0.1) is 0 Å². The van der Waals surface area contributed by atoms with Gasteiger partial charge in [-0.25, -0.2) is 0 Å². The summed E-state index contributed by atoms with van der Waals surface area (Å²) in [5.41, 5.74) is -1.06. The zero-order chi connectivity index (χ0) is 22.2. The topological polar surface area (TPSA) is 80.8 Å². The Bertz CT molecular complexity index is 1170. The lowest BCUT2D eigenvalue weighted by Gasteiger charge is -2.29. The molecule has 0 unspecified atom stereocenters. The fourth-order valence-electron chi connectivity index (χ4n) is 6.05. The molecule has 162 valence electrons. The maximum absolute atomic E-state index is 13.7. The summed E-state index contributed by atoms with van der Waals surface area (Å²) < 4.78 is 6.25. The van der Waals surface area contributed by atoms with Crippen LogP contribution in [0.4, 0.5) is 0 Å². The number of halogens is 1. The molecule has 32 heavy (non-hydrogen) atoms. The van der Waals surface area contributed by atoms with Crippen LogP contribution in [0.2, 0.25) is 5.02 Å². The number of benzene rings is 2. The smallest absolute Gasteiger partial charge is 0.237 e. The van der Waals surface area contributed by atoms with E-state index in [0.29, 0.717) is 10.6 Å². The molecule has 2 aromatic rings. The normalized spacial score (nSPS) is 28.8. The van der Waals surface area contributed by atoms with Gasteiger partial charge in [0.05, 0.1) is 17.9 Å². The van der Waals surface area contributed by atoms with E-state index in [0.717, 1.165) is 25.7 Å². The summed E-state index contributed by atoms with van der Waals surface area (Å²) in [6.45, 7) is 0. The molecular weight excluding hydrogens is 430 g/mol. The first-order chi connectivity index (χ1) is 15.5. The van der Waals surface area contributed by atoms with Crippen molar-refractivity contribution >= 4 is 35.0 Å². The number of hydrogen-bond acceptors (Lipinski definition) is 5. The minimum absolute atomic E-state index is 0.196. The van der Waals surface area contributed by atoms with Gasteiger partial charge in [0.2, 0.25) is 29.0 Å². The monoisotopic (exact) mass is 449 g/mol. The third kappa shape index (κ3) is 2.34. The van der Waals surface area contributed by atoms with Crippen molar-refractivity contribution in [3.63, 3.8) is 0 Å². The van der Waals surface area contributed by atoms with Crippen molar-refractivity contribution in [3.05, 3.63) is 70.2 Å². The van der Waals surface area contributed by atoms with Gasteiger partial charge in [0, 0.05) is 27.8 Å². The van der Waals surface area contributed by atoms with Crippen LogP contribution in [0.3, 0.4) is 0 Å². The highest BCUT2D eigenvalue weighted by Crippen LogP contribution is 2.58. The molecular formula is C25H20ClNO5. The first kappa shape index (κ1) is 19.8. The molecule has 3 fully saturated rings. The number of imide groups is 1. The van der Waals surface area contributed by atoms with Crippen LogP contribution in [0.1, 0.15) is 58.1 Å². The van der Waals surface area contributed by atoms with E-state index in [2.05, 4.69) is 0 Å². The second-order valence-electron chi connectivity index (χ2n) is 8.99. The Morgan fingerprint density at radius 2 is 1.44 bits per heavy atom. The van der Waals surface area contributed by atoms with Crippen molar-refractivity contribution in [2.24, 2.45) is 11.8 Å². The number of hydrogen-bond donors (Lipinski definition) is 0. The van der Waals surface area contributed by atoms with Crippen molar-refractivity contribution in [2.75, 3.05) is 0 Å². The third-order valence-electron chi connectivity index (χ3n) is 7.45. The van der Waals surface area contributed by atoms with E-state index in [9.17, 15) is 19.2 Å². The van der Waals surface area contributed by atoms with E-state index in [4.69, 9.17) is 16.3 Å². The van der Waals surface area contributed by atoms with Crippen LogP contribution < -0.4 is 0 Å². The van der Waals surface area contributed by atoms with Crippen LogP contribution in [0, 0.1) is 11.8 Å². The van der Waals surface area contributed by atoms with E-state index >= 15 is 0 Å². The number of likely N-dealkylation sites (tertiary alicyclic amines) is 1. The molecule has 2 aromatic carbocycles. The van der Waals surface area contributed by atoms with Crippen molar-refractivity contribution in [2.45, 2.75) is 43.4 Å². The Balaban J connectivity index is 1.54. The lowest BCUT2D eigenvalue weighted by Crippen LogP contribution is -2.51. The zero-order valence-electron chi connectivity index (χ0n) is 17.1. The number of carbonyl (C=O) groups excluding carboxylic acids is 4. The fraction of sp³-hybridized carbons (Fsp3) is 0.360. The summed E-state index contributed by atoms with van der Waals surface area (Å²) in [4.78, 5) is 56.0.